The summed E-state index contributed by atoms with van der Waals surface area (Å²) >= 11 is 0. The van der Waals surface area contributed by atoms with Crippen LogP contribution in [0.1, 0.15) is 31.2 Å². The molecule has 6 heteroatoms. The Kier molecular flexibility index (Phi) is 4.25. The van der Waals surface area contributed by atoms with Gasteiger partial charge in [-0.15, -0.1) is 0 Å². The summed E-state index contributed by atoms with van der Waals surface area (Å²) in [4.78, 5) is 26.7. The Morgan fingerprint density at radius 2 is 1.83 bits per heavy atom. The minimum Gasteiger partial charge on any atom is -0.480 e. The van der Waals surface area contributed by atoms with Crippen LogP contribution in [-0.4, -0.2) is 59.6 Å². The number of nitrogens with zero attached hydrogens (tertiary/aromatic N) is 2. The number of hydrogen-bond acceptors (Lipinski definition) is 3. The van der Waals surface area contributed by atoms with Gasteiger partial charge in [0.1, 0.15) is 6.54 Å². The van der Waals surface area contributed by atoms with E-state index in [1.165, 1.54) is 10.5 Å². The molecule has 2 N–H and O–H groups in total. The van der Waals surface area contributed by atoms with Crippen LogP contribution < -0.4 is 5.32 Å². The van der Waals surface area contributed by atoms with Crippen molar-refractivity contribution in [1.82, 2.24) is 15.1 Å². The number of benzene rings is 1. The van der Waals surface area contributed by atoms with Gasteiger partial charge in [-0.2, -0.15) is 0 Å². The molecule has 1 aliphatic heterocycles. The third-order valence-corrected chi connectivity index (χ3v) is 5.68. The second kappa shape index (κ2) is 6.09. The van der Waals surface area contributed by atoms with E-state index >= 15 is 0 Å². The molecule has 3 rings (SSSR count). The maximum atomic E-state index is 12.1. The molecular weight excluding hydrogens is 306 g/mol. The number of carboxylic acid groups (broad SMARTS) is 1. The number of nitrogens with one attached hydrogen (secondary N) is 1. The monoisotopic (exact) mass is 331 g/mol. The van der Waals surface area contributed by atoms with E-state index in [0.717, 1.165) is 25.7 Å². The Morgan fingerprint density at radius 1 is 1.21 bits per heavy atom. The number of rotatable bonds is 4. The molecule has 2 fully saturated rings. The van der Waals surface area contributed by atoms with Gasteiger partial charge in [0, 0.05) is 12.1 Å². The maximum Gasteiger partial charge on any atom is 0.323 e. The lowest BCUT2D eigenvalue weighted by Crippen LogP contribution is -2.54. The predicted octanol–water partition coefficient (Wildman–Crippen LogP) is 1.87. The van der Waals surface area contributed by atoms with E-state index in [1.54, 1.807) is 0 Å². The van der Waals surface area contributed by atoms with E-state index in [4.69, 9.17) is 5.11 Å². The predicted molar refractivity (Wildman–Crippen MR) is 90.7 cm³/mol. The molecule has 24 heavy (non-hydrogen) atoms. The topological polar surface area (TPSA) is 72.9 Å². The lowest BCUT2D eigenvalue weighted by molar-refractivity contribution is -0.137. The highest BCUT2D eigenvalue weighted by atomic mass is 16.4. The molecule has 130 valence electrons. The van der Waals surface area contributed by atoms with Crippen molar-refractivity contribution in [3.8, 4) is 0 Å². The highest BCUT2D eigenvalue weighted by Gasteiger charge is 2.50. The van der Waals surface area contributed by atoms with Crippen LogP contribution in [0.15, 0.2) is 30.3 Å². The Morgan fingerprint density at radius 3 is 2.38 bits per heavy atom. The number of urea groups is 1. The summed E-state index contributed by atoms with van der Waals surface area (Å²) in [7, 11) is 4.21. The van der Waals surface area contributed by atoms with E-state index in [9.17, 15) is 9.59 Å². The Bertz CT molecular complexity index is 622. The highest BCUT2D eigenvalue weighted by molar-refractivity contribution is 5.82. The number of amides is 2. The van der Waals surface area contributed by atoms with Crippen molar-refractivity contribution in [3.63, 3.8) is 0 Å². The molecule has 2 amide bonds. The Hall–Kier alpha value is -2.08. The zero-order valence-electron chi connectivity index (χ0n) is 14.3. The SMILES string of the molecule is CN(C)[C@]1(c2ccccc2)CC[C@]2(CC1)CN(CC(=O)O)C(=O)N2. The van der Waals surface area contributed by atoms with Gasteiger partial charge < -0.3 is 15.3 Å². The van der Waals surface area contributed by atoms with Crippen molar-refractivity contribution >= 4 is 12.0 Å². The van der Waals surface area contributed by atoms with Crippen LogP contribution in [0.25, 0.3) is 0 Å². The standard InChI is InChI=1S/C18H25N3O3/c1-20(2)18(14-6-4-3-5-7-14)10-8-17(9-11-18)13-21(12-15(22)23)16(24)19-17/h3-7H,8-13H2,1-2H3,(H,19,24)(H,22,23)/t17-,18+. The summed E-state index contributed by atoms with van der Waals surface area (Å²) in [5.74, 6) is -0.968. The zero-order valence-corrected chi connectivity index (χ0v) is 14.3. The first-order valence-electron chi connectivity index (χ1n) is 8.39. The average Bonchev–Trinajstić information content (AvgIpc) is 2.84. The molecular formula is C18H25N3O3. The molecule has 1 aromatic carbocycles. The van der Waals surface area contributed by atoms with Crippen LogP contribution in [0.5, 0.6) is 0 Å². The van der Waals surface area contributed by atoms with E-state index in [2.05, 4.69) is 48.6 Å². The van der Waals surface area contributed by atoms with Crippen molar-refractivity contribution < 1.29 is 14.7 Å². The first kappa shape index (κ1) is 16.8. The van der Waals surface area contributed by atoms with Crippen LogP contribution >= 0.6 is 0 Å². The van der Waals surface area contributed by atoms with Gasteiger partial charge in [0.2, 0.25) is 0 Å². The van der Waals surface area contributed by atoms with Gasteiger partial charge in [-0.1, -0.05) is 30.3 Å². The van der Waals surface area contributed by atoms with Crippen molar-refractivity contribution in [2.45, 2.75) is 36.8 Å². The summed E-state index contributed by atoms with van der Waals surface area (Å²) in [6.45, 7) is 0.252. The van der Waals surface area contributed by atoms with Crippen LogP contribution in [0.2, 0.25) is 0 Å². The lowest BCUT2D eigenvalue weighted by atomic mass is 9.69. The number of carbonyl (C=O) groups is 2. The number of carbonyl (C=O) groups excluding carboxylic acids is 1. The van der Waals surface area contributed by atoms with Crippen molar-refractivity contribution in [1.29, 1.82) is 0 Å². The van der Waals surface area contributed by atoms with E-state index in [0.29, 0.717) is 6.54 Å². The normalized spacial score (nSPS) is 30.0. The van der Waals surface area contributed by atoms with Crippen molar-refractivity contribution in [2.24, 2.45) is 0 Å². The summed E-state index contributed by atoms with van der Waals surface area (Å²) in [5, 5.41) is 12.0. The zero-order chi connectivity index (χ0) is 17.4. The fraction of sp³-hybridized carbons (Fsp3) is 0.556. The van der Waals surface area contributed by atoms with Crippen molar-refractivity contribution in [2.75, 3.05) is 27.2 Å². The molecule has 0 bridgehead atoms. The molecule has 1 saturated heterocycles. The molecule has 0 radical (unpaired) electrons. The van der Waals surface area contributed by atoms with Gasteiger partial charge in [-0.3, -0.25) is 9.69 Å². The summed E-state index contributed by atoms with van der Waals surface area (Å²) in [6.07, 6.45) is 3.57. The van der Waals surface area contributed by atoms with E-state index < -0.39 is 5.97 Å². The smallest absolute Gasteiger partial charge is 0.323 e. The molecule has 0 unspecified atom stereocenters. The molecule has 0 aromatic heterocycles. The minimum atomic E-state index is -0.968. The minimum absolute atomic E-state index is 0.0303. The van der Waals surface area contributed by atoms with Crippen molar-refractivity contribution in [3.05, 3.63) is 35.9 Å². The quantitative estimate of drug-likeness (QED) is 0.883. The van der Waals surface area contributed by atoms with Gasteiger partial charge in [0.05, 0.1) is 5.54 Å². The van der Waals surface area contributed by atoms with Gasteiger partial charge >= 0.3 is 12.0 Å². The first-order chi connectivity index (χ1) is 11.4. The summed E-state index contributed by atoms with van der Waals surface area (Å²) in [6, 6.07) is 10.2. The highest BCUT2D eigenvalue weighted by Crippen LogP contribution is 2.45. The Labute approximate surface area is 142 Å². The van der Waals surface area contributed by atoms with Crippen LogP contribution in [-0.2, 0) is 10.3 Å². The molecule has 1 aliphatic carbocycles. The first-order valence-corrected chi connectivity index (χ1v) is 8.39. The largest absolute Gasteiger partial charge is 0.480 e. The number of hydrogen-bond donors (Lipinski definition) is 2. The number of aliphatic carboxylic acids is 1. The van der Waals surface area contributed by atoms with Crippen LogP contribution in [0.4, 0.5) is 4.79 Å². The molecule has 6 nitrogen and oxygen atoms in total. The average molecular weight is 331 g/mol. The fourth-order valence-electron chi connectivity index (χ4n) is 4.24. The van der Waals surface area contributed by atoms with Crippen LogP contribution in [0.3, 0.4) is 0 Å². The summed E-state index contributed by atoms with van der Waals surface area (Å²) < 4.78 is 0. The van der Waals surface area contributed by atoms with Gasteiger partial charge in [0.25, 0.3) is 0 Å². The van der Waals surface area contributed by atoms with Crippen LogP contribution in [0, 0.1) is 0 Å². The third kappa shape index (κ3) is 2.86. The lowest BCUT2D eigenvalue weighted by Gasteiger charge is -2.48. The van der Waals surface area contributed by atoms with Gasteiger partial charge in [-0.05, 0) is 45.3 Å². The molecule has 1 spiro atoms. The Balaban J connectivity index is 1.77. The maximum absolute atomic E-state index is 12.1. The number of carboxylic acids is 1. The third-order valence-electron chi connectivity index (χ3n) is 5.68. The molecule has 0 atom stereocenters. The molecule has 1 saturated carbocycles. The second-order valence-corrected chi connectivity index (χ2v) is 7.25. The van der Waals surface area contributed by atoms with Gasteiger partial charge in [-0.25, -0.2) is 4.79 Å². The van der Waals surface area contributed by atoms with E-state index in [-0.39, 0.29) is 23.7 Å². The van der Waals surface area contributed by atoms with Gasteiger partial charge in [0.15, 0.2) is 0 Å². The fourth-order valence-corrected chi connectivity index (χ4v) is 4.24. The molecule has 1 heterocycles. The summed E-state index contributed by atoms with van der Waals surface area (Å²) in [5.41, 5.74) is 0.981. The second-order valence-electron chi connectivity index (χ2n) is 7.25. The van der Waals surface area contributed by atoms with E-state index in [1.807, 2.05) is 6.07 Å². The molecule has 2 aliphatic rings. The molecule has 1 aromatic rings.